The van der Waals surface area contributed by atoms with Crippen molar-refractivity contribution in [3.8, 4) is 0 Å². The molecule has 4 rings (SSSR count). The summed E-state index contributed by atoms with van der Waals surface area (Å²) >= 11 is 3.52. The first-order chi connectivity index (χ1) is 19.5. The Morgan fingerprint density at radius 3 is 2.61 bits per heavy atom. The number of pyridine rings is 1. The second-order valence-corrected chi connectivity index (χ2v) is 11.4. The second-order valence-electron chi connectivity index (χ2n) is 8.32. The number of amides is 2. The highest BCUT2D eigenvalue weighted by molar-refractivity contribution is 8.01. The fourth-order valence-electron chi connectivity index (χ4n) is 3.70. The molecule has 1 fully saturated rings. The summed E-state index contributed by atoms with van der Waals surface area (Å²) in [5.74, 6) is -5.99. The van der Waals surface area contributed by atoms with Gasteiger partial charge in [0.1, 0.15) is 17.1 Å². The van der Waals surface area contributed by atoms with Gasteiger partial charge < -0.3 is 36.0 Å². The number of hydrogen-bond acceptors (Lipinski definition) is 13. The van der Waals surface area contributed by atoms with Crippen molar-refractivity contribution in [1.29, 1.82) is 0 Å². The van der Waals surface area contributed by atoms with E-state index in [1.165, 1.54) is 33.5 Å². The number of nitrogens with zero attached hydrogens (tertiary/aromatic N) is 4. The first kappa shape index (κ1) is 29.6. The Labute approximate surface area is 243 Å². The Balaban J connectivity index is 1.47. The first-order valence-electron chi connectivity index (χ1n) is 11.4. The number of fused-ring (bicyclic) bond motifs is 1. The first-order valence-corrected chi connectivity index (χ1v) is 14.3. The van der Waals surface area contributed by atoms with Crippen molar-refractivity contribution in [3.63, 3.8) is 0 Å². The van der Waals surface area contributed by atoms with Crippen LogP contribution in [0.25, 0.3) is 0 Å². The Morgan fingerprint density at radius 2 is 2.02 bits per heavy atom. The van der Waals surface area contributed by atoms with E-state index < -0.39 is 52.6 Å². The number of oxime groups is 1. The zero-order chi connectivity index (χ0) is 29.8. The standard InChI is InChI=1S/C23H20N6O9S3/c1-10(21(34)35)38-27-15(13-9-41-23(24)25-13)18(32)26-16-19(33)29-17(22(36)37)11(8-40-20(16)29)7-39-12-2-4-28(5-3-12)6-14(30)31/h2-5,9,16,20H,1,6-8H2,(H5-,24,25,26,30,31,32,34,35,36,37)/t16?,20-/m1/s1. The Bertz CT molecular complexity index is 1500. The van der Waals surface area contributed by atoms with E-state index in [4.69, 9.17) is 20.8 Å². The number of carboxylic acids is 3. The number of aromatic nitrogens is 2. The van der Waals surface area contributed by atoms with Crippen molar-refractivity contribution in [2.75, 3.05) is 17.2 Å². The van der Waals surface area contributed by atoms with Gasteiger partial charge in [-0.1, -0.05) is 5.16 Å². The summed E-state index contributed by atoms with van der Waals surface area (Å²) in [6.45, 7) is 2.96. The van der Waals surface area contributed by atoms with Crippen LogP contribution in [-0.4, -0.2) is 78.5 Å². The van der Waals surface area contributed by atoms with Crippen LogP contribution in [-0.2, 0) is 35.4 Å². The maximum absolute atomic E-state index is 13.0. The van der Waals surface area contributed by atoms with Gasteiger partial charge in [0.05, 0.1) is 11.7 Å². The third-order valence-electron chi connectivity index (χ3n) is 5.58. The topological polar surface area (TPSA) is 229 Å². The molecule has 15 nitrogen and oxygen atoms in total. The smallest absolute Gasteiger partial charge is 0.374 e. The molecular formula is C23H20N6O9S3. The molecule has 2 amide bonds. The summed E-state index contributed by atoms with van der Waals surface area (Å²) < 4.78 is 1.47. The third kappa shape index (κ3) is 6.67. The van der Waals surface area contributed by atoms with Gasteiger partial charge in [0.15, 0.2) is 23.2 Å². The number of aliphatic carboxylic acids is 3. The monoisotopic (exact) mass is 620 g/mol. The average molecular weight is 621 g/mol. The normalized spacial score (nSPS) is 18.3. The van der Waals surface area contributed by atoms with E-state index in [2.05, 4.69) is 22.0 Å². The van der Waals surface area contributed by atoms with Crippen molar-refractivity contribution >= 4 is 75.4 Å². The lowest BCUT2D eigenvalue weighted by molar-refractivity contribution is -0.686. The molecular weight excluding hydrogens is 600 g/mol. The number of carbonyl (C=O) groups excluding carboxylic acids is 3. The highest BCUT2D eigenvalue weighted by Gasteiger charge is 2.53. The van der Waals surface area contributed by atoms with Crippen molar-refractivity contribution in [3.05, 3.63) is 59.2 Å². The minimum atomic E-state index is -1.54. The zero-order valence-electron chi connectivity index (χ0n) is 20.7. The molecule has 2 atom stereocenters. The molecule has 0 aromatic carbocycles. The molecule has 0 bridgehead atoms. The number of nitrogens with one attached hydrogen (secondary N) is 1. The van der Waals surface area contributed by atoms with Gasteiger partial charge in [-0.25, -0.2) is 14.6 Å². The number of nitrogen functional groups attached to an aromatic ring is 1. The number of β-lactam (4-membered cyclic amide) rings is 1. The number of carbonyl (C=O) groups is 5. The lowest BCUT2D eigenvalue weighted by Gasteiger charge is -2.50. The molecule has 2 aliphatic heterocycles. The molecule has 214 valence electrons. The van der Waals surface area contributed by atoms with Crippen LogP contribution in [0.2, 0.25) is 0 Å². The van der Waals surface area contributed by atoms with Gasteiger partial charge in [-0.05, 0) is 12.2 Å². The maximum Gasteiger partial charge on any atom is 0.374 e. The van der Waals surface area contributed by atoms with Gasteiger partial charge >= 0.3 is 11.9 Å². The van der Waals surface area contributed by atoms with Crippen LogP contribution in [0.15, 0.2) is 63.6 Å². The molecule has 5 N–H and O–H groups in total. The van der Waals surface area contributed by atoms with Gasteiger partial charge in [-0.3, -0.25) is 14.5 Å². The highest BCUT2D eigenvalue weighted by atomic mass is 32.2. The quantitative estimate of drug-likeness (QED) is 0.0408. The molecule has 2 aromatic rings. The fraction of sp³-hybridized carbons (Fsp3) is 0.217. The van der Waals surface area contributed by atoms with Gasteiger partial charge in [0.25, 0.3) is 11.8 Å². The number of hydrogen-bond donors (Lipinski definition) is 4. The molecule has 0 saturated carbocycles. The van der Waals surface area contributed by atoms with E-state index in [-0.39, 0.29) is 34.6 Å². The zero-order valence-corrected chi connectivity index (χ0v) is 23.2. The lowest BCUT2D eigenvalue weighted by atomic mass is 10.0. The highest BCUT2D eigenvalue weighted by Crippen LogP contribution is 2.41. The Morgan fingerprint density at radius 1 is 1.32 bits per heavy atom. The summed E-state index contributed by atoms with van der Waals surface area (Å²) in [6.07, 6.45) is 3.17. The maximum atomic E-state index is 13.0. The number of anilines is 1. The van der Waals surface area contributed by atoms with Crippen LogP contribution in [0.4, 0.5) is 5.13 Å². The molecule has 2 aromatic heterocycles. The Hall–Kier alpha value is -4.42. The molecule has 0 aliphatic carbocycles. The van der Waals surface area contributed by atoms with Crippen molar-refractivity contribution in [2.45, 2.75) is 22.9 Å². The number of thioether (sulfide) groups is 2. The summed E-state index contributed by atoms with van der Waals surface area (Å²) in [7, 11) is 0. The van der Waals surface area contributed by atoms with E-state index >= 15 is 0 Å². The van der Waals surface area contributed by atoms with E-state index in [9.17, 15) is 29.1 Å². The summed E-state index contributed by atoms with van der Waals surface area (Å²) in [6, 6.07) is 2.26. The molecule has 0 radical (unpaired) electrons. The molecule has 2 aliphatic rings. The molecule has 1 unspecified atom stereocenters. The van der Waals surface area contributed by atoms with Gasteiger partial charge in [-0.2, -0.15) is 4.57 Å². The van der Waals surface area contributed by atoms with E-state index in [0.717, 1.165) is 21.1 Å². The SMILES string of the molecule is C=C(ON=C(C(=O)NC1C(=O)N2C(C(=O)[O-])=C(CSc3cc[n+](CC(=O)O)cc3)CS[C@H]12)c1csc(N)n1)C(=O)O. The number of carboxylic acid groups (broad SMARTS) is 3. The Kier molecular flexibility index (Phi) is 8.94. The van der Waals surface area contributed by atoms with E-state index in [0.29, 0.717) is 5.57 Å². The predicted octanol–water partition coefficient (Wildman–Crippen LogP) is -1.39. The van der Waals surface area contributed by atoms with Crippen LogP contribution in [0.1, 0.15) is 5.69 Å². The second kappa shape index (κ2) is 12.4. The van der Waals surface area contributed by atoms with E-state index in [1.54, 1.807) is 24.5 Å². The fourth-order valence-corrected chi connectivity index (χ4v) is 6.62. The van der Waals surface area contributed by atoms with Gasteiger partial charge in [0.2, 0.25) is 12.3 Å². The number of rotatable bonds is 12. The van der Waals surface area contributed by atoms with Crippen molar-refractivity contribution < 1.29 is 48.7 Å². The predicted molar refractivity (Wildman–Crippen MR) is 143 cm³/mol. The summed E-state index contributed by atoms with van der Waals surface area (Å²) in [5, 5.41) is 36.6. The van der Waals surface area contributed by atoms with Crippen molar-refractivity contribution in [2.24, 2.45) is 5.16 Å². The van der Waals surface area contributed by atoms with Crippen molar-refractivity contribution in [1.82, 2.24) is 15.2 Å². The van der Waals surface area contributed by atoms with Crippen LogP contribution >= 0.6 is 34.9 Å². The largest absolute Gasteiger partial charge is 0.543 e. The van der Waals surface area contributed by atoms with Crippen LogP contribution in [0.3, 0.4) is 0 Å². The number of nitrogens with two attached hydrogens (primary N) is 1. The number of thiazole rings is 1. The van der Waals surface area contributed by atoms with Crippen LogP contribution < -0.4 is 20.7 Å². The molecule has 1 saturated heterocycles. The van der Waals surface area contributed by atoms with Crippen LogP contribution in [0, 0.1) is 0 Å². The molecule has 0 spiro atoms. The van der Waals surface area contributed by atoms with Crippen LogP contribution in [0.5, 0.6) is 0 Å². The molecule has 4 heterocycles. The third-order valence-corrected chi connectivity index (χ3v) is 8.70. The average Bonchev–Trinajstić information content (AvgIpc) is 3.35. The minimum absolute atomic E-state index is 0.0351. The molecule has 41 heavy (non-hydrogen) atoms. The minimum Gasteiger partial charge on any atom is -0.543 e. The molecule has 18 heteroatoms. The summed E-state index contributed by atoms with van der Waals surface area (Å²) in [5.41, 5.74) is 5.28. The van der Waals surface area contributed by atoms with Gasteiger partial charge in [0, 0.05) is 33.9 Å². The summed E-state index contributed by atoms with van der Waals surface area (Å²) in [4.78, 5) is 70.4. The van der Waals surface area contributed by atoms with E-state index in [1.807, 2.05) is 0 Å². The van der Waals surface area contributed by atoms with Gasteiger partial charge in [-0.15, -0.1) is 34.9 Å². The lowest BCUT2D eigenvalue weighted by Crippen LogP contribution is -2.71.